The first-order chi connectivity index (χ1) is 14.0. The van der Waals surface area contributed by atoms with Gasteiger partial charge in [0.15, 0.2) is 0 Å². The van der Waals surface area contributed by atoms with Gasteiger partial charge in [-0.25, -0.2) is 4.79 Å². The molecule has 0 aliphatic carbocycles. The van der Waals surface area contributed by atoms with Crippen LogP contribution in [0.5, 0.6) is 5.75 Å². The number of esters is 1. The van der Waals surface area contributed by atoms with Gasteiger partial charge in [-0.3, -0.25) is 0 Å². The topological polar surface area (TPSA) is 43.7 Å². The lowest BCUT2D eigenvalue weighted by molar-refractivity contribution is 0.0527. The number of hydrogen-bond acceptors (Lipinski definition) is 4. The standard InChI is InChI=1S/C24H30N2O3/c1-5-28-24(27)23-18(2)26(14-13-19-9-7-6-8-10-19)22-12-11-20(17-21(22)23)29-16-15-25(3)4/h6-12,17H,5,13-16H2,1-4H3. The highest BCUT2D eigenvalue weighted by Crippen LogP contribution is 2.30. The van der Waals surface area contributed by atoms with Crippen LogP contribution in [-0.2, 0) is 17.7 Å². The molecule has 5 nitrogen and oxygen atoms in total. The maximum absolute atomic E-state index is 12.7. The van der Waals surface area contributed by atoms with Gasteiger partial charge < -0.3 is 18.9 Å². The third-order valence-corrected chi connectivity index (χ3v) is 5.05. The number of likely N-dealkylation sites (N-methyl/N-ethyl adjacent to an activating group) is 1. The summed E-state index contributed by atoms with van der Waals surface area (Å²) in [6.07, 6.45) is 0.898. The van der Waals surface area contributed by atoms with E-state index in [0.29, 0.717) is 18.8 Å². The fourth-order valence-corrected chi connectivity index (χ4v) is 3.53. The first kappa shape index (κ1) is 20.9. The lowest BCUT2D eigenvalue weighted by atomic mass is 10.1. The summed E-state index contributed by atoms with van der Waals surface area (Å²) in [7, 11) is 4.03. The average Bonchev–Trinajstić information content (AvgIpc) is 2.97. The van der Waals surface area contributed by atoms with Crippen molar-refractivity contribution < 1.29 is 14.3 Å². The fourth-order valence-electron chi connectivity index (χ4n) is 3.53. The smallest absolute Gasteiger partial charge is 0.340 e. The summed E-state index contributed by atoms with van der Waals surface area (Å²) >= 11 is 0. The lowest BCUT2D eigenvalue weighted by Crippen LogP contribution is -2.19. The van der Waals surface area contributed by atoms with Gasteiger partial charge in [0.05, 0.1) is 12.2 Å². The van der Waals surface area contributed by atoms with Gasteiger partial charge in [-0.1, -0.05) is 30.3 Å². The van der Waals surface area contributed by atoms with Crippen LogP contribution in [0.4, 0.5) is 0 Å². The largest absolute Gasteiger partial charge is 0.492 e. The third-order valence-electron chi connectivity index (χ3n) is 5.05. The Morgan fingerprint density at radius 1 is 1.10 bits per heavy atom. The molecule has 0 aliphatic heterocycles. The number of ether oxygens (including phenoxy) is 2. The third kappa shape index (κ3) is 4.98. The summed E-state index contributed by atoms with van der Waals surface area (Å²) in [6.45, 7) is 6.41. The average molecular weight is 395 g/mol. The monoisotopic (exact) mass is 394 g/mol. The zero-order chi connectivity index (χ0) is 20.8. The number of carbonyl (C=O) groups excluding carboxylic acids is 1. The SMILES string of the molecule is CCOC(=O)c1c(C)n(CCc2ccccc2)c2ccc(OCCN(C)C)cc12. The summed E-state index contributed by atoms with van der Waals surface area (Å²) in [4.78, 5) is 14.8. The van der Waals surface area contributed by atoms with Crippen molar-refractivity contribution in [2.75, 3.05) is 33.9 Å². The van der Waals surface area contributed by atoms with Gasteiger partial charge in [-0.05, 0) is 58.1 Å². The van der Waals surface area contributed by atoms with E-state index in [4.69, 9.17) is 9.47 Å². The molecule has 0 saturated heterocycles. The Balaban J connectivity index is 1.95. The quantitative estimate of drug-likeness (QED) is 0.507. The number of carbonyl (C=O) groups is 1. The molecule has 3 aromatic rings. The van der Waals surface area contributed by atoms with Gasteiger partial charge in [0.1, 0.15) is 12.4 Å². The van der Waals surface area contributed by atoms with Crippen LogP contribution in [0, 0.1) is 6.92 Å². The number of fused-ring (bicyclic) bond motifs is 1. The van der Waals surface area contributed by atoms with Crippen LogP contribution in [0.2, 0.25) is 0 Å². The van der Waals surface area contributed by atoms with E-state index in [1.165, 1.54) is 5.56 Å². The predicted octanol–water partition coefficient (Wildman–Crippen LogP) is 4.31. The van der Waals surface area contributed by atoms with E-state index in [0.717, 1.165) is 41.9 Å². The van der Waals surface area contributed by atoms with Crippen LogP contribution in [0.1, 0.15) is 28.5 Å². The first-order valence-electron chi connectivity index (χ1n) is 10.1. The molecule has 0 aliphatic rings. The zero-order valence-corrected chi connectivity index (χ0v) is 17.8. The van der Waals surface area contributed by atoms with Crippen LogP contribution >= 0.6 is 0 Å². The molecule has 1 aromatic heterocycles. The summed E-state index contributed by atoms with van der Waals surface area (Å²) in [5, 5.41) is 0.886. The number of benzene rings is 2. The summed E-state index contributed by atoms with van der Waals surface area (Å²) in [5.74, 6) is 0.490. The highest BCUT2D eigenvalue weighted by atomic mass is 16.5. The lowest BCUT2D eigenvalue weighted by Gasteiger charge is -2.11. The van der Waals surface area contributed by atoms with Gasteiger partial charge in [0.2, 0.25) is 0 Å². The molecule has 0 fully saturated rings. The molecule has 154 valence electrons. The molecule has 29 heavy (non-hydrogen) atoms. The van der Waals surface area contributed by atoms with Crippen molar-refractivity contribution in [1.29, 1.82) is 0 Å². The van der Waals surface area contributed by atoms with E-state index < -0.39 is 0 Å². The van der Waals surface area contributed by atoms with Crippen LogP contribution in [0.15, 0.2) is 48.5 Å². The van der Waals surface area contributed by atoms with Crippen LogP contribution < -0.4 is 4.74 Å². The summed E-state index contributed by atoms with van der Waals surface area (Å²) in [5.41, 5.74) is 3.87. The molecule has 0 saturated carbocycles. The number of hydrogen-bond donors (Lipinski definition) is 0. The molecule has 3 rings (SSSR count). The van der Waals surface area contributed by atoms with Gasteiger partial charge in [0.25, 0.3) is 0 Å². The Hall–Kier alpha value is -2.79. The second-order valence-corrected chi connectivity index (χ2v) is 7.40. The molecule has 5 heteroatoms. The maximum Gasteiger partial charge on any atom is 0.340 e. The number of nitrogens with zero attached hydrogens (tertiary/aromatic N) is 2. The van der Waals surface area contributed by atoms with E-state index in [2.05, 4.69) is 33.7 Å². The highest BCUT2D eigenvalue weighted by Gasteiger charge is 2.21. The van der Waals surface area contributed by atoms with Crippen molar-refractivity contribution in [2.24, 2.45) is 0 Å². The van der Waals surface area contributed by atoms with Crippen molar-refractivity contribution in [1.82, 2.24) is 9.47 Å². The Bertz CT molecular complexity index is 961. The Morgan fingerprint density at radius 3 is 2.55 bits per heavy atom. The Labute approximate surface area is 172 Å². The van der Waals surface area contributed by atoms with Gasteiger partial charge >= 0.3 is 5.97 Å². The predicted molar refractivity (Wildman–Crippen MR) is 117 cm³/mol. The second kappa shape index (κ2) is 9.61. The zero-order valence-electron chi connectivity index (χ0n) is 17.8. The van der Waals surface area contributed by atoms with E-state index in [1.54, 1.807) is 0 Å². The molecular formula is C24H30N2O3. The van der Waals surface area contributed by atoms with Crippen molar-refractivity contribution in [3.63, 3.8) is 0 Å². The maximum atomic E-state index is 12.7. The molecular weight excluding hydrogens is 364 g/mol. The molecule has 0 unspecified atom stereocenters. The number of rotatable bonds is 9. The van der Waals surface area contributed by atoms with Crippen molar-refractivity contribution in [3.8, 4) is 5.75 Å². The highest BCUT2D eigenvalue weighted by molar-refractivity contribution is 6.06. The normalized spacial score (nSPS) is 11.2. The molecule has 0 spiro atoms. The van der Waals surface area contributed by atoms with E-state index in [-0.39, 0.29) is 5.97 Å². The fraction of sp³-hybridized carbons (Fsp3) is 0.375. The Morgan fingerprint density at radius 2 is 1.86 bits per heavy atom. The van der Waals surface area contributed by atoms with E-state index in [9.17, 15) is 4.79 Å². The van der Waals surface area contributed by atoms with Crippen molar-refractivity contribution in [2.45, 2.75) is 26.8 Å². The molecule has 0 N–H and O–H groups in total. The second-order valence-electron chi connectivity index (χ2n) is 7.40. The molecule has 0 radical (unpaired) electrons. The molecule has 2 aromatic carbocycles. The van der Waals surface area contributed by atoms with Gasteiger partial charge in [0, 0.05) is 29.7 Å². The van der Waals surface area contributed by atoms with Crippen molar-refractivity contribution in [3.05, 3.63) is 65.4 Å². The van der Waals surface area contributed by atoms with Crippen LogP contribution in [-0.4, -0.2) is 49.3 Å². The van der Waals surface area contributed by atoms with Gasteiger partial charge in [-0.2, -0.15) is 0 Å². The minimum absolute atomic E-state index is 0.279. The molecule has 1 heterocycles. The molecule has 0 bridgehead atoms. The molecule has 0 amide bonds. The van der Waals surface area contributed by atoms with Crippen LogP contribution in [0.3, 0.4) is 0 Å². The number of aromatic nitrogens is 1. The van der Waals surface area contributed by atoms with E-state index in [1.807, 2.05) is 52.2 Å². The van der Waals surface area contributed by atoms with E-state index >= 15 is 0 Å². The van der Waals surface area contributed by atoms with Gasteiger partial charge in [-0.15, -0.1) is 0 Å². The minimum atomic E-state index is -0.279. The molecule has 0 atom stereocenters. The Kier molecular flexibility index (Phi) is 6.94. The summed E-state index contributed by atoms with van der Waals surface area (Å²) < 4.78 is 13.4. The minimum Gasteiger partial charge on any atom is -0.492 e. The van der Waals surface area contributed by atoms with Crippen LogP contribution in [0.25, 0.3) is 10.9 Å². The first-order valence-corrected chi connectivity index (χ1v) is 10.1. The van der Waals surface area contributed by atoms with Crippen molar-refractivity contribution >= 4 is 16.9 Å². The number of aryl methyl sites for hydroxylation is 2. The summed E-state index contributed by atoms with van der Waals surface area (Å²) in [6, 6.07) is 16.4.